The molecule has 2 atom stereocenters. The molecule has 80 valence electrons. The number of nitrogens with one attached hydrogen (secondary N) is 1. The largest absolute Gasteiger partial charge is 0.365 e. The lowest BCUT2D eigenvalue weighted by molar-refractivity contribution is -0.0639. The summed E-state index contributed by atoms with van der Waals surface area (Å²) in [4.78, 5) is 0. The molecule has 0 bridgehead atoms. The van der Waals surface area contributed by atoms with Gasteiger partial charge in [-0.25, -0.2) is 0 Å². The molecule has 3 heteroatoms. The van der Waals surface area contributed by atoms with Crippen LogP contribution < -0.4 is 11.1 Å². The Labute approximate surface area is 85.7 Å². The second-order valence-corrected chi connectivity index (χ2v) is 4.38. The summed E-state index contributed by atoms with van der Waals surface area (Å²) in [7, 11) is 0. The van der Waals surface area contributed by atoms with Gasteiger partial charge in [-0.05, 0) is 37.9 Å². The molecular formula is C11H20N2O. The zero-order valence-corrected chi connectivity index (χ0v) is 8.88. The minimum Gasteiger partial charge on any atom is -0.365 e. The van der Waals surface area contributed by atoms with Gasteiger partial charge in [-0.3, -0.25) is 0 Å². The smallest absolute Gasteiger partial charge is 0.0904 e. The first-order valence-corrected chi connectivity index (χ1v) is 5.52. The van der Waals surface area contributed by atoms with Crippen molar-refractivity contribution in [3.63, 3.8) is 0 Å². The van der Waals surface area contributed by atoms with Gasteiger partial charge in [-0.1, -0.05) is 13.5 Å². The van der Waals surface area contributed by atoms with Crippen molar-refractivity contribution in [1.82, 2.24) is 5.32 Å². The molecule has 2 rings (SSSR count). The quantitative estimate of drug-likeness (QED) is 0.610. The zero-order valence-electron chi connectivity index (χ0n) is 8.88. The highest BCUT2D eigenvalue weighted by molar-refractivity contribution is 5.24. The van der Waals surface area contributed by atoms with Gasteiger partial charge >= 0.3 is 0 Å². The molecule has 0 aromatic carbocycles. The molecule has 3 N–H and O–H groups in total. The second kappa shape index (κ2) is 3.65. The van der Waals surface area contributed by atoms with E-state index in [0.717, 1.165) is 37.9 Å². The van der Waals surface area contributed by atoms with E-state index >= 15 is 0 Å². The van der Waals surface area contributed by atoms with Gasteiger partial charge in [0.05, 0.1) is 17.7 Å². The predicted molar refractivity (Wildman–Crippen MR) is 57.1 cm³/mol. The average molecular weight is 196 g/mol. The highest BCUT2D eigenvalue weighted by Crippen LogP contribution is 2.39. The Kier molecular flexibility index (Phi) is 2.64. The zero-order chi connectivity index (χ0) is 10.2. The van der Waals surface area contributed by atoms with Gasteiger partial charge in [-0.15, -0.1) is 0 Å². The molecule has 2 unspecified atom stereocenters. The lowest BCUT2D eigenvalue weighted by Gasteiger charge is -2.36. The SMILES string of the molecule is C=C1C(CC)OC2(CCNCC2)C1N. The summed E-state index contributed by atoms with van der Waals surface area (Å²) >= 11 is 0. The summed E-state index contributed by atoms with van der Waals surface area (Å²) in [5.41, 5.74) is 7.19. The molecule has 2 aliphatic rings. The Balaban J connectivity index is 2.16. The predicted octanol–water partition coefficient (Wildman–Crippen LogP) is 0.801. The third-order valence-corrected chi connectivity index (χ3v) is 3.58. The summed E-state index contributed by atoms with van der Waals surface area (Å²) in [5.74, 6) is 0. The van der Waals surface area contributed by atoms with Crippen molar-refractivity contribution in [3.05, 3.63) is 12.2 Å². The minimum atomic E-state index is -0.108. The Bertz CT molecular complexity index is 233. The Morgan fingerprint density at radius 1 is 1.57 bits per heavy atom. The molecule has 0 amide bonds. The van der Waals surface area contributed by atoms with Crippen molar-refractivity contribution in [1.29, 1.82) is 0 Å². The molecule has 2 fully saturated rings. The summed E-state index contributed by atoms with van der Waals surface area (Å²) in [6.45, 7) is 8.22. The van der Waals surface area contributed by atoms with Crippen LogP contribution in [0.15, 0.2) is 12.2 Å². The van der Waals surface area contributed by atoms with E-state index in [4.69, 9.17) is 10.5 Å². The molecule has 14 heavy (non-hydrogen) atoms. The average Bonchev–Trinajstić information content (AvgIpc) is 2.45. The Morgan fingerprint density at radius 3 is 2.71 bits per heavy atom. The van der Waals surface area contributed by atoms with E-state index in [1.807, 2.05) is 0 Å². The van der Waals surface area contributed by atoms with Gasteiger partial charge in [0.2, 0.25) is 0 Å². The van der Waals surface area contributed by atoms with Crippen molar-refractivity contribution in [2.75, 3.05) is 13.1 Å². The molecule has 2 saturated heterocycles. The van der Waals surface area contributed by atoms with Crippen LogP contribution in [0.25, 0.3) is 0 Å². The van der Waals surface area contributed by atoms with Crippen LogP contribution in [0.2, 0.25) is 0 Å². The van der Waals surface area contributed by atoms with E-state index in [1.165, 1.54) is 0 Å². The molecule has 3 nitrogen and oxygen atoms in total. The van der Waals surface area contributed by atoms with Crippen molar-refractivity contribution in [2.24, 2.45) is 5.73 Å². The maximum absolute atomic E-state index is 6.20. The van der Waals surface area contributed by atoms with Crippen LogP contribution in [-0.4, -0.2) is 30.8 Å². The number of nitrogens with two attached hydrogens (primary N) is 1. The molecule has 0 radical (unpaired) electrons. The fraction of sp³-hybridized carbons (Fsp3) is 0.818. The van der Waals surface area contributed by atoms with Crippen LogP contribution in [0.4, 0.5) is 0 Å². The molecule has 0 aromatic heterocycles. The van der Waals surface area contributed by atoms with Crippen molar-refractivity contribution in [3.8, 4) is 0 Å². The summed E-state index contributed by atoms with van der Waals surface area (Å²) in [5, 5.41) is 3.34. The second-order valence-electron chi connectivity index (χ2n) is 4.38. The molecule has 2 heterocycles. The maximum Gasteiger partial charge on any atom is 0.0904 e. The van der Waals surface area contributed by atoms with Crippen LogP contribution in [0, 0.1) is 0 Å². The highest BCUT2D eigenvalue weighted by atomic mass is 16.5. The van der Waals surface area contributed by atoms with E-state index in [-0.39, 0.29) is 17.7 Å². The van der Waals surface area contributed by atoms with E-state index in [0.29, 0.717) is 0 Å². The molecule has 2 aliphatic heterocycles. The van der Waals surface area contributed by atoms with Crippen LogP contribution in [-0.2, 0) is 4.74 Å². The van der Waals surface area contributed by atoms with Gasteiger partial charge in [0.15, 0.2) is 0 Å². The number of hydrogen-bond donors (Lipinski definition) is 2. The standard InChI is InChI=1S/C11H20N2O/c1-3-9-8(2)10(12)11(14-9)4-6-13-7-5-11/h9-10,13H,2-7,12H2,1H3. The molecular weight excluding hydrogens is 176 g/mol. The number of piperidine rings is 1. The van der Waals surface area contributed by atoms with Gasteiger partial charge in [-0.2, -0.15) is 0 Å². The molecule has 0 aromatic rings. The molecule has 0 saturated carbocycles. The topological polar surface area (TPSA) is 47.3 Å². The van der Waals surface area contributed by atoms with E-state index in [9.17, 15) is 0 Å². The van der Waals surface area contributed by atoms with Crippen LogP contribution in [0.1, 0.15) is 26.2 Å². The third kappa shape index (κ3) is 1.40. The normalized spacial score (nSPS) is 36.6. The van der Waals surface area contributed by atoms with E-state index < -0.39 is 0 Å². The lowest BCUT2D eigenvalue weighted by Crippen LogP contribution is -2.52. The first kappa shape index (κ1) is 10.1. The maximum atomic E-state index is 6.20. The monoisotopic (exact) mass is 196 g/mol. The fourth-order valence-electron chi connectivity index (χ4n) is 2.59. The third-order valence-electron chi connectivity index (χ3n) is 3.58. The van der Waals surface area contributed by atoms with Gasteiger partial charge in [0, 0.05) is 0 Å². The van der Waals surface area contributed by atoms with E-state index in [1.54, 1.807) is 0 Å². The molecule has 0 aliphatic carbocycles. The van der Waals surface area contributed by atoms with Crippen LogP contribution >= 0.6 is 0 Å². The minimum absolute atomic E-state index is 0.0366. The first-order chi connectivity index (χ1) is 6.69. The van der Waals surface area contributed by atoms with Crippen LogP contribution in [0.3, 0.4) is 0 Å². The van der Waals surface area contributed by atoms with Crippen molar-refractivity contribution in [2.45, 2.75) is 43.9 Å². The summed E-state index contributed by atoms with van der Waals surface area (Å²) in [6, 6.07) is 0.0366. The lowest BCUT2D eigenvalue weighted by atomic mass is 9.84. The number of rotatable bonds is 1. The van der Waals surface area contributed by atoms with Crippen molar-refractivity contribution < 1.29 is 4.74 Å². The number of hydrogen-bond acceptors (Lipinski definition) is 3. The van der Waals surface area contributed by atoms with Crippen molar-refractivity contribution >= 4 is 0 Å². The van der Waals surface area contributed by atoms with Gasteiger partial charge in [0.25, 0.3) is 0 Å². The summed E-state index contributed by atoms with van der Waals surface area (Å²) < 4.78 is 6.10. The van der Waals surface area contributed by atoms with Gasteiger partial charge in [0.1, 0.15) is 0 Å². The van der Waals surface area contributed by atoms with Gasteiger partial charge < -0.3 is 15.8 Å². The summed E-state index contributed by atoms with van der Waals surface area (Å²) in [6.07, 6.45) is 3.21. The van der Waals surface area contributed by atoms with E-state index in [2.05, 4.69) is 18.8 Å². The highest BCUT2D eigenvalue weighted by Gasteiger charge is 2.48. The number of ether oxygens (including phenoxy) is 1. The molecule has 1 spiro atoms. The first-order valence-electron chi connectivity index (χ1n) is 5.52. The van der Waals surface area contributed by atoms with Crippen LogP contribution in [0.5, 0.6) is 0 Å². The Morgan fingerprint density at radius 2 is 2.21 bits per heavy atom. The fourth-order valence-corrected chi connectivity index (χ4v) is 2.59. The Hall–Kier alpha value is -0.380.